The van der Waals surface area contributed by atoms with Gasteiger partial charge in [-0.2, -0.15) is 4.39 Å². The first-order valence-corrected chi connectivity index (χ1v) is 5.71. The molecule has 1 aliphatic rings. The molecule has 0 atom stereocenters. The third-order valence-electron chi connectivity index (χ3n) is 3.18. The van der Waals surface area contributed by atoms with Gasteiger partial charge in [-0.05, 0) is 18.4 Å². The summed E-state index contributed by atoms with van der Waals surface area (Å²) in [6, 6.07) is 2.78. The van der Waals surface area contributed by atoms with Gasteiger partial charge in [-0.25, -0.2) is 0 Å². The average molecular weight is 252 g/mol. The van der Waals surface area contributed by atoms with Gasteiger partial charge in [-0.3, -0.25) is 14.9 Å². The van der Waals surface area contributed by atoms with Gasteiger partial charge in [0.15, 0.2) is 0 Å². The molecule has 5 nitrogen and oxygen atoms in total. The molecule has 0 unspecified atom stereocenters. The molecule has 0 aromatic heterocycles. The fourth-order valence-corrected chi connectivity index (χ4v) is 2.19. The summed E-state index contributed by atoms with van der Waals surface area (Å²) in [5.74, 6) is -0.959. The predicted molar refractivity (Wildman–Crippen MR) is 62.5 cm³/mol. The van der Waals surface area contributed by atoms with E-state index in [0.29, 0.717) is 13.0 Å². The lowest BCUT2D eigenvalue weighted by Crippen LogP contribution is -2.28. The molecule has 18 heavy (non-hydrogen) atoms. The van der Waals surface area contributed by atoms with Crippen LogP contribution in [-0.2, 0) is 17.8 Å². The minimum absolute atomic E-state index is 0.109. The number of aryl methyl sites for hydroxylation is 1. The lowest BCUT2D eigenvalue weighted by molar-refractivity contribution is -0.387. The van der Waals surface area contributed by atoms with E-state index in [0.717, 1.165) is 12.0 Å². The summed E-state index contributed by atoms with van der Waals surface area (Å²) in [7, 11) is 0. The zero-order valence-electron chi connectivity index (χ0n) is 9.98. The Bertz CT molecular complexity index is 516. The quantitative estimate of drug-likeness (QED) is 0.567. The number of benzene rings is 1. The van der Waals surface area contributed by atoms with Crippen molar-refractivity contribution in [1.82, 2.24) is 4.90 Å². The van der Waals surface area contributed by atoms with Crippen molar-refractivity contribution in [3.8, 4) is 0 Å². The Kier molecular flexibility index (Phi) is 3.27. The van der Waals surface area contributed by atoms with Crippen molar-refractivity contribution in [1.29, 1.82) is 0 Å². The van der Waals surface area contributed by atoms with Gasteiger partial charge in [-0.1, -0.05) is 6.07 Å². The van der Waals surface area contributed by atoms with Gasteiger partial charge in [0.25, 0.3) is 0 Å². The molecule has 1 aromatic carbocycles. The minimum Gasteiger partial charge on any atom is -0.338 e. The second-order valence-corrected chi connectivity index (χ2v) is 4.34. The molecule has 6 heteroatoms. The van der Waals surface area contributed by atoms with Crippen molar-refractivity contribution in [3.05, 3.63) is 39.2 Å². The van der Waals surface area contributed by atoms with Crippen LogP contribution in [0.4, 0.5) is 10.1 Å². The highest BCUT2D eigenvalue weighted by Gasteiger charge is 2.25. The van der Waals surface area contributed by atoms with Crippen LogP contribution in [-0.4, -0.2) is 22.3 Å². The molecule has 0 saturated heterocycles. The lowest BCUT2D eigenvalue weighted by Gasteiger charge is -2.18. The molecule has 1 heterocycles. The van der Waals surface area contributed by atoms with Crippen LogP contribution in [0.25, 0.3) is 0 Å². The molecule has 0 fully saturated rings. The van der Waals surface area contributed by atoms with Gasteiger partial charge in [0, 0.05) is 31.6 Å². The van der Waals surface area contributed by atoms with E-state index in [1.54, 1.807) is 6.07 Å². The first-order chi connectivity index (χ1) is 8.50. The third kappa shape index (κ3) is 2.18. The Morgan fingerprint density at radius 2 is 2.22 bits per heavy atom. The van der Waals surface area contributed by atoms with Crippen LogP contribution in [0, 0.1) is 15.9 Å². The highest BCUT2D eigenvalue weighted by molar-refractivity contribution is 5.73. The predicted octanol–water partition coefficient (Wildman–Crippen LogP) is 2.03. The van der Waals surface area contributed by atoms with E-state index in [4.69, 9.17) is 0 Å². The van der Waals surface area contributed by atoms with Gasteiger partial charge < -0.3 is 4.90 Å². The Labute approximate surface area is 103 Å². The summed E-state index contributed by atoms with van der Waals surface area (Å²) in [5.41, 5.74) is 0.498. The Balaban J connectivity index is 2.47. The fourth-order valence-electron chi connectivity index (χ4n) is 2.19. The van der Waals surface area contributed by atoms with Crippen molar-refractivity contribution < 1.29 is 14.1 Å². The van der Waals surface area contributed by atoms with E-state index in [-0.39, 0.29) is 18.0 Å². The summed E-state index contributed by atoms with van der Waals surface area (Å²) < 4.78 is 14.0. The molecule has 0 spiro atoms. The standard InChI is InChI=1S/C12H13FN2O3/c1-8(16)14-6-2-3-9-4-5-11(15(17)18)12(13)10(9)7-14/h4-5H,2-3,6-7H2,1H3. The molecule has 0 bridgehead atoms. The van der Waals surface area contributed by atoms with E-state index >= 15 is 0 Å². The van der Waals surface area contributed by atoms with Crippen LogP contribution in [0.3, 0.4) is 0 Å². The van der Waals surface area contributed by atoms with Crippen LogP contribution >= 0.6 is 0 Å². The Morgan fingerprint density at radius 3 is 2.83 bits per heavy atom. The van der Waals surface area contributed by atoms with Gasteiger partial charge in [0.05, 0.1) is 4.92 Å². The SMILES string of the molecule is CC(=O)N1CCCc2ccc([N+](=O)[O-])c(F)c2C1. The smallest absolute Gasteiger partial charge is 0.305 e. The summed E-state index contributed by atoms with van der Waals surface area (Å²) >= 11 is 0. The minimum atomic E-state index is -0.814. The number of nitro groups is 1. The highest BCUT2D eigenvalue weighted by Crippen LogP contribution is 2.27. The summed E-state index contributed by atoms with van der Waals surface area (Å²) in [6.45, 7) is 2.08. The molecule has 0 aliphatic carbocycles. The summed E-state index contributed by atoms with van der Waals surface area (Å²) in [6.07, 6.45) is 1.37. The second-order valence-electron chi connectivity index (χ2n) is 4.34. The number of rotatable bonds is 1. The molecule has 0 saturated carbocycles. The lowest BCUT2D eigenvalue weighted by atomic mass is 10.0. The van der Waals surface area contributed by atoms with Crippen molar-refractivity contribution in [2.24, 2.45) is 0 Å². The maximum Gasteiger partial charge on any atom is 0.305 e. The first kappa shape index (κ1) is 12.5. The highest BCUT2D eigenvalue weighted by atomic mass is 19.1. The molecule has 1 aromatic rings. The zero-order valence-corrected chi connectivity index (χ0v) is 9.98. The number of carbonyl (C=O) groups is 1. The topological polar surface area (TPSA) is 63.5 Å². The van der Waals surface area contributed by atoms with E-state index < -0.39 is 16.4 Å². The largest absolute Gasteiger partial charge is 0.338 e. The maximum absolute atomic E-state index is 14.0. The number of fused-ring (bicyclic) bond motifs is 1. The van der Waals surface area contributed by atoms with Crippen molar-refractivity contribution >= 4 is 11.6 Å². The number of carbonyl (C=O) groups excluding carboxylic acids is 1. The van der Waals surface area contributed by atoms with Crippen LogP contribution in [0.5, 0.6) is 0 Å². The van der Waals surface area contributed by atoms with Crippen LogP contribution in [0.15, 0.2) is 12.1 Å². The van der Waals surface area contributed by atoms with Crippen molar-refractivity contribution in [2.45, 2.75) is 26.3 Å². The van der Waals surface area contributed by atoms with Crippen LogP contribution in [0.1, 0.15) is 24.5 Å². The van der Waals surface area contributed by atoms with E-state index in [1.807, 2.05) is 0 Å². The Morgan fingerprint density at radius 1 is 1.50 bits per heavy atom. The van der Waals surface area contributed by atoms with E-state index in [2.05, 4.69) is 0 Å². The number of hydrogen-bond acceptors (Lipinski definition) is 3. The molecular weight excluding hydrogens is 239 g/mol. The molecule has 0 N–H and O–H groups in total. The van der Waals surface area contributed by atoms with Crippen LogP contribution in [0.2, 0.25) is 0 Å². The number of nitrogens with zero attached hydrogens (tertiary/aromatic N) is 2. The molecule has 1 aliphatic heterocycles. The summed E-state index contributed by atoms with van der Waals surface area (Å²) in [4.78, 5) is 22.8. The fraction of sp³-hybridized carbons (Fsp3) is 0.417. The van der Waals surface area contributed by atoms with Gasteiger partial charge in [-0.15, -0.1) is 0 Å². The summed E-state index contributed by atoms with van der Waals surface area (Å²) in [5, 5.41) is 10.7. The van der Waals surface area contributed by atoms with Gasteiger partial charge in [0.2, 0.25) is 11.7 Å². The molecule has 2 rings (SSSR count). The number of hydrogen-bond donors (Lipinski definition) is 0. The first-order valence-electron chi connectivity index (χ1n) is 5.71. The molecular formula is C12H13FN2O3. The number of halogens is 1. The van der Waals surface area contributed by atoms with Gasteiger partial charge in [0.1, 0.15) is 0 Å². The van der Waals surface area contributed by atoms with Crippen molar-refractivity contribution in [3.63, 3.8) is 0 Å². The van der Waals surface area contributed by atoms with E-state index in [9.17, 15) is 19.3 Å². The molecule has 0 radical (unpaired) electrons. The normalized spacial score (nSPS) is 14.9. The monoisotopic (exact) mass is 252 g/mol. The van der Waals surface area contributed by atoms with Crippen molar-refractivity contribution in [2.75, 3.05) is 6.54 Å². The Hall–Kier alpha value is -1.98. The molecule has 96 valence electrons. The zero-order chi connectivity index (χ0) is 13.3. The van der Waals surface area contributed by atoms with Gasteiger partial charge >= 0.3 is 5.69 Å². The number of nitro benzene ring substituents is 1. The van der Waals surface area contributed by atoms with E-state index in [1.165, 1.54) is 17.9 Å². The van der Waals surface area contributed by atoms with Crippen LogP contribution < -0.4 is 0 Å². The maximum atomic E-state index is 14.0. The molecule has 1 amide bonds. The number of amides is 1. The average Bonchev–Trinajstić information content (AvgIpc) is 2.51. The third-order valence-corrected chi connectivity index (χ3v) is 3.18. The second kappa shape index (κ2) is 4.72.